The largest absolute Gasteiger partial charge is 0.218 e. The van der Waals surface area contributed by atoms with Gasteiger partial charge in [0.15, 0.2) is 0 Å². The first-order valence-electron chi connectivity index (χ1n) is 6.30. The Balaban J connectivity index is 2.12. The SMILES string of the molecule is CN(Cc1ccc(Cl)cc1)S(=O)(=O)Cc1ccccc1Cl. The zero-order valence-electron chi connectivity index (χ0n) is 11.5. The van der Waals surface area contributed by atoms with Gasteiger partial charge in [0.05, 0.1) is 5.75 Å². The maximum atomic E-state index is 12.4. The normalized spacial score (nSPS) is 11.8. The van der Waals surface area contributed by atoms with Crippen LogP contribution in [0.5, 0.6) is 0 Å². The third-order valence-electron chi connectivity index (χ3n) is 3.09. The van der Waals surface area contributed by atoms with E-state index in [-0.39, 0.29) is 5.75 Å². The third-order valence-corrected chi connectivity index (χ3v) is 5.46. The average molecular weight is 344 g/mol. The predicted octanol–water partition coefficient (Wildman–Crippen LogP) is 3.96. The van der Waals surface area contributed by atoms with Crippen molar-refractivity contribution in [2.45, 2.75) is 12.3 Å². The number of benzene rings is 2. The zero-order chi connectivity index (χ0) is 15.5. The lowest BCUT2D eigenvalue weighted by molar-refractivity contribution is 0.466. The van der Waals surface area contributed by atoms with Crippen LogP contribution in [0.4, 0.5) is 0 Å². The van der Waals surface area contributed by atoms with E-state index in [1.54, 1.807) is 43.4 Å². The lowest BCUT2D eigenvalue weighted by Gasteiger charge is -2.17. The van der Waals surface area contributed by atoms with Crippen molar-refractivity contribution >= 4 is 33.2 Å². The molecule has 0 amide bonds. The Kier molecular flexibility index (Phi) is 5.27. The Morgan fingerprint density at radius 3 is 2.24 bits per heavy atom. The maximum Gasteiger partial charge on any atom is 0.218 e. The molecule has 0 aliphatic rings. The van der Waals surface area contributed by atoms with Gasteiger partial charge >= 0.3 is 0 Å². The van der Waals surface area contributed by atoms with E-state index in [1.165, 1.54) is 4.31 Å². The van der Waals surface area contributed by atoms with Gasteiger partial charge in [-0.3, -0.25) is 0 Å². The summed E-state index contributed by atoms with van der Waals surface area (Å²) in [5.41, 5.74) is 1.48. The van der Waals surface area contributed by atoms with Crippen molar-refractivity contribution in [2.24, 2.45) is 0 Å². The van der Waals surface area contributed by atoms with Crippen LogP contribution in [0.3, 0.4) is 0 Å². The fourth-order valence-electron chi connectivity index (χ4n) is 1.87. The van der Waals surface area contributed by atoms with Gasteiger partial charge in [0.1, 0.15) is 0 Å². The molecule has 0 heterocycles. The van der Waals surface area contributed by atoms with Crippen molar-refractivity contribution in [3.63, 3.8) is 0 Å². The minimum atomic E-state index is -3.43. The number of sulfonamides is 1. The number of halogens is 2. The lowest BCUT2D eigenvalue weighted by Crippen LogP contribution is -2.27. The Labute approximate surface area is 135 Å². The first-order valence-corrected chi connectivity index (χ1v) is 8.67. The maximum absolute atomic E-state index is 12.4. The number of rotatable bonds is 5. The molecular weight excluding hydrogens is 329 g/mol. The average Bonchev–Trinajstić information content (AvgIpc) is 2.43. The molecule has 2 aromatic carbocycles. The van der Waals surface area contributed by atoms with Crippen LogP contribution in [0.15, 0.2) is 48.5 Å². The van der Waals surface area contributed by atoms with Crippen LogP contribution in [0.1, 0.15) is 11.1 Å². The molecule has 0 saturated carbocycles. The van der Waals surface area contributed by atoms with Crippen LogP contribution in [-0.2, 0) is 22.3 Å². The van der Waals surface area contributed by atoms with Crippen molar-refractivity contribution < 1.29 is 8.42 Å². The van der Waals surface area contributed by atoms with E-state index in [4.69, 9.17) is 23.2 Å². The Morgan fingerprint density at radius 1 is 1.00 bits per heavy atom. The molecule has 0 aliphatic carbocycles. The molecule has 0 atom stereocenters. The molecular formula is C15H15Cl2NO2S. The predicted molar refractivity (Wildman–Crippen MR) is 87.0 cm³/mol. The zero-order valence-corrected chi connectivity index (χ0v) is 13.8. The molecule has 0 bridgehead atoms. The van der Waals surface area contributed by atoms with Crippen molar-refractivity contribution in [1.82, 2.24) is 4.31 Å². The van der Waals surface area contributed by atoms with Gasteiger partial charge in [0.2, 0.25) is 10.0 Å². The number of nitrogens with zero attached hydrogens (tertiary/aromatic N) is 1. The van der Waals surface area contributed by atoms with Crippen molar-refractivity contribution in [3.05, 3.63) is 69.7 Å². The molecule has 0 aromatic heterocycles. The fourth-order valence-corrected chi connectivity index (χ4v) is 3.49. The second-order valence-electron chi connectivity index (χ2n) is 4.73. The van der Waals surface area contributed by atoms with E-state index in [2.05, 4.69) is 0 Å². The van der Waals surface area contributed by atoms with E-state index in [9.17, 15) is 8.42 Å². The van der Waals surface area contributed by atoms with Crippen molar-refractivity contribution in [3.8, 4) is 0 Å². The first-order chi connectivity index (χ1) is 9.88. The van der Waals surface area contributed by atoms with E-state index in [0.717, 1.165) is 5.56 Å². The molecule has 112 valence electrons. The van der Waals surface area contributed by atoms with Crippen LogP contribution in [-0.4, -0.2) is 19.8 Å². The summed E-state index contributed by atoms with van der Waals surface area (Å²) in [7, 11) is -1.87. The van der Waals surface area contributed by atoms with Gasteiger partial charge in [-0.2, -0.15) is 0 Å². The van der Waals surface area contributed by atoms with Gasteiger partial charge in [-0.15, -0.1) is 0 Å². The second-order valence-corrected chi connectivity index (χ2v) is 7.65. The quantitative estimate of drug-likeness (QED) is 0.823. The summed E-state index contributed by atoms with van der Waals surface area (Å²) in [5.74, 6) is -0.114. The molecule has 0 radical (unpaired) electrons. The Bertz CT molecular complexity index is 715. The fraction of sp³-hybridized carbons (Fsp3) is 0.200. The highest BCUT2D eigenvalue weighted by Crippen LogP contribution is 2.20. The molecule has 0 fully saturated rings. The van der Waals surface area contributed by atoms with Crippen LogP contribution in [0.25, 0.3) is 0 Å². The molecule has 0 aliphatic heterocycles. The smallest absolute Gasteiger partial charge is 0.212 e. The van der Waals surface area contributed by atoms with Crippen molar-refractivity contribution in [1.29, 1.82) is 0 Å². The summed E-state index contributed by atoms with van der Waals surface area (Å²) in [4.78, 5) is 0. The van der Waals surface area contributed by atoms with Gasteiger partial charge in [0.25, 0.3) is 0 Å². The molecule has 0 unspecified atom stereocenters. The molecule has 3 nitrogen and oxygen atoms in total. The topological polar surface area (TPSA) is 37.4 Å². The molecule has 0 saturated heterocycles. The van der Waals surface area contributed by atoms with Crippen LogP contribution >= 0.6 is 23.2 Å². The number of hydrogen-bond acceptors (Lipinski definition) is 2. The first kappa shape index (κ1) is 16.3. The van der Waals surface area contributed by atoms with E-state index in [1.807, 2.05) is 12.1 Å². The van der Waals surface area contributed by atoms with Crippen LogP contribution in [0.2, 0.25) is 10.0 Å². The summed E-state index contributed by atoms with van der Waals surface area (Å²) in [6.07, 6.45) is 0. The highest BCUT2D eigenvalue weighted by Gasteiger charge is 2.20. The van der Waals surface area contributed by atoms with Gasteiger partial charge in [-0.25, -0.2) is 12.7 Å². The highest BCUT2D eigenvalue weighted by molar-refractivity contribution is 7.88. The minimum absolute atomic E-state index is 0.114. The van der Waals surface area contributed by atoms with E-state index >= 15 is 0 Å². The summed E-state index contributed by atoms with van der Waals surface area (Å²) >= 11 is 11.8. The summed E-state index contributed by atoms with van der Waals surface area (Å²) in [6.45, 7) is 0.296. The molecule has 21 heavy (non-hydrogen) atoms. The van der Waals surface area contributed by atoms with Crippen LogP contribution in [0, 0.1) is 0 Å². The van der Waals surface area contributed by atoms with Crippen LogP contribution < -0.4 is 0 Å². The van der Waals surface area contributed by atoms with Gasteiger partial charge < -0.3 is 0 Å². The summed E-state index contributed by atoms with van der Waals surface area (Å²) in [5, 5.41) is 1.08. The molecule has 0 N–H and O–H groups in total. The molecule has 0 spiro atoms. The Morgan fingerprint density at radius 2 is 1.62 bits per heavy atom. The monoisotopic (exact) mass is 343 g/mol. The van der Waals surface area contributed by atoms with Gasteiger partial charge in [0, 0.05) is 23.6 Å². The Hall–Kier alpha value is -1.07. The lowest BCUT2D eigenvalue weighted by atomic mass is 10.2. The third kappa shape index (κ3) is 4.45. The van der Waals surface area contributed by atoms with E-state index in [0.29, 0.717) is 22.2 Å². The summed E-state index contributed by atoms with van der Waals surface area (Å²) in [6, 6.07) is 14.1. The summed E-state index contributed by atoms with van der Waals surface area (Å²) < 4.78 is 26.0. The number of hydrogen-bond donors (Lipinski definition) is 0. The second kappa shape index (κ2) is 6.79. The molecule has 6 heteroatoms. The van der Waals surface area contributed by atoms with E-state index < -0.39 is 10.0 Å². The molecule has 2 aromatic rings. The molecule has 2 rings (SSSR count). The highest BCUT2D eigenvalue weighted by atomic mass is 35.5. The standard InChI is InChI=1S/C15H15Cl2NO2S/c1-18(10-12-6-8-14(16)9-7-12)21(19,20)11-13-4-2-3-5-15(13)17/h2-9H,10-11H2,1H3. The van der Waals surface area contributed by atoms with Gasteiger partial charge in [-0.05, 0) is 29.3 Å². The van der Waals surface area contributed by atoms with Crippen molar-refractivity contribution in [2.75, 3.05) is 7.05 Å². The minimum Gasteiger partial charge on any atom is -0.212 e. The van der Waals surface area contributed by atoms with Gasteiger partial charge in [-0.1, -0.05) is 53.5 Å².